The van der Waals surface area contributed by atoms with Gasteiger partial charge in [0, 0.05) is 0 Å². The predicted octanol–water partition coefficient (Wildman–Crippen LogP) is 2.92. The topological polar surface area (TPSA) is 0 Å². The molecular formula is C8H14Hg. The molecule has 0 saturated carbocycles. The fraction of sp³-hybridized carbons (Fsp3) is 0.500. The van der Waals surface area contributed by atoms with Crippen LogP contribution in [0.15, 0.2) is 18.3 Å². The van der Waals surface area contributed by atoms with Crippen molar-refractivity contribution in [3.05, 3.63) is 18.3 Å². The van der Waals surface area contributed by atoms with Gasteiger partial charge in [-0.1, -0.05) is 0 Å². The Morgan fingerprint density at radius 2 is 1.22 bits per heavy atom. The van der Waals surface area contributed by atoms with E-state index in [1.165, 1.54) is 11.1 Å². The number of hydrogen-bond donors (Lipinski definition) is 0. The van der Waals surface area contributed by atoms with Gasteiger partial charge >= 0.3 is 70.6 Å². The number of allylic oxidation sites excluding steroid dienone is 2. The summed E-state index contributed by atoms with van der Waals surface area (Å²) in [5.74, 6) is 0. The summed E-state index contributed by atoms with van der Waals surface area (Å²) in [5, 5.41) is 0. The first-order chi connectivity index (χ1) is 4.13. The van der Waals surface area contributed by atoms with Gasteiger partial charge in [0.1, 0.15) is 0 Å². The van der Waals surface area contributed by atoms with Crippen molar-refractivity contribution in [2.45, 2.75) is 27.7 Å². The summed E-state index contributed by atoms with van der Waals surface area (Å²) >= 11 is -0.665. The van der Waals surface area contributed by atoms with E-state index in [0.717, 1.165) is 0 Å². The molecule has 0 N–H and O–H groups in total. The van der Waals surface area contributed by atoms with Crippen molar-refractivity contribution in [3.63, 3.8) is 0 Å². The molecule has 0 bridgehead atoms. The summed E-state index contributed by atoms with van der Waals surface area (Å²) in [6, 6.07) is 0. The summed E-state index contributed by atoms with van der Waals surface area (Å²) in [7, 11) is 0. The molecule has 0 aromatic carbocycles. The third kappa shape index (κ3) is 8.42. The van der Waals surface area contributed by atoms with Gasteiger partial charge < -0.3 is 0 Å². The van der Waals surface area contributed by atoms with Crippen LogP contribution in [0.1, 0.15) is 27.7 Å². The van der Waals surface area contributed by atoms with Crippen molar-refractivity contribution < 1.29 is 24.6 Å². The van der Waals surface area contributed by atoms with Crippen molar-refractivity contribution >= 4 is 0 Å². The number of rotatable bonds is 2. The summed E-state index contributed by atoms with van der Waals surface area (Å²) < 4.78 is 4.90. The monoisotopic (exact) mass is 312 g/mol. The molecular weight excluding hydrogens is 297 g/mol. The maximum absolute atomic E-state index is 2.45. The summed E-state index contributed by atoms with van der Waals surface area (Å²) in [6.45, 7) is 8.72. The maximum atomic E-state index is 2.45. The second-order valence-electron chi connectivity index (χ2n) is 2.80. The van der Waals surface area contributed by atoms with E-state index in [4.69, 9.17) is 0 Å². The molecule has 0 spiro atoms. The molecule has 9 heavy (non-hydrogen) atoms. The Labute approximate surface area is 70.5 Å². The van der Waals surface area contributed by atoms with Crippen molar-refractivity contribution in [2.75, 3.05) is 0 Å². The Kier molecular flexibility index (Phi) is 5.46. The first-order valence-corrected chi connectivity index (χ1v) is 9.74. The molecule has 1 heteroatoms. The van der Waals surface area contributed by atoms with Gasteiger partial charge in [-0.15, -0.1) is 0 Å². The summed E-state index contributed by atoms with van der Waals surface area (Å²) in [6.07, 6.45) is 0. The Hall–Kier alpha value is 0.415. The van der Waals surface area contributed by atoms with E-state index in [-0.39, 0.29) is 0 Å². The van der Waals surface area contributed by atoms with Crippen LogP contribution >= 0.6 is 0 Å². The van der Waals surface area contributed by atoms with E-state index in [0.29, 0.717) is 0 Å². The molecule has 0 amide bonds. The van der Waals surface area contributed by atoms with Crippen molar-refractivity contribution in [3.8, 4) is 0 Å². The Morgan fingerprint density at radius 3 is 1.44 bits per heavy atom. The molecule has 0 saturated heterocycles. The molecule has 0 aliphatic heterocycles. The fourth-order valence-electron chi connectivity index (χ4n) is 0.530. The standard InChI is InChI=1S/2C4H7.Hg/c2*1-4(2)3;/h2*1H,2-3H3;. The molecule has 0 radical (unpaired) electrons. The van der Waals surface area contributed by atoms with E-state index in [9.17, 15) is 0 Å². The molecule has 0 aromatic rings. The summed E-state index contributed by atoms with van der Waals surface area (Å²) in [4.78, 5) is 0. The fourth-order valence-corrected chi connectivity index (χ4v) is 4.65. The van der Waals surface area contributed by atoms with Crippen LogP contribution in [0.3, 0.4) is 0 Å². The van der Waals surface area contributed by atoms with E-state index >= 15 is 0 Å². The Balaban J connectivity index is 3.53. The first-order valence-electron chi connectivity index (χ1n) is 3.39. The number of hydrogen-bond acceptors (Lipinski definition) is 0. The minimum atomic E-state index is -0.665. The van der Waals surface area contributed by atoms with Gasteiger partial charge in [-0.25, -0.2) is 0 Å². The Morgan fingerprint density at radius 1 is 0.889 bits per heavy atom. The first kappa shape index (κ1) is 9.42. The minimum absolute atomic E-state index is 0.665. The van der Waals surface area contributed by atoms with Gasteiger partial charge in [-0.3, -0.25) is 0 Å². The Bertz CT molecular complexity index is 108. The SMILES string of the molecule is CC(C)=[CH][Hg][CH]=C(C)C. The predicted molar refractivity (Wildman–Crippen MR) is 38.9 cm³/mol. The van der Waals surface area contributed by atoms with Gasteiger partial charge in [-0.05, 0) is 0 Å². The van der Waals surface area contributed by atoms with E-state index in [1.54, 1.807) is 0 Å². The second kappa shape index (κ2) is 5.22. The molecule has 0 aromatic heterocycles. The van der Waals surface area contributed by atoms with Crippen molar-refractivity contribution in [2.24, 2.45) is 0 Å². The molecule has 48 valence electrons. The van der Waals surface area contributed by atoms with Gasteiger partial charge in [0.25, 0.3) is 0 Å². The third-order valence-electron chi connectivity index (χ3n) is 1.05. The van der Waals surface area contributed by atoms with Crippen LogP contribution in [0.5, 0.6) is 0 Å². The average Bonchev–Trinajstić information content (AvgIpc) is 1.63. The van der Waals surface area contributed by atoms with E-state index in [1.807, 2.05) is 0 Å². The molecule has 0 atom stereocenters. The van der Waals surface area contributed by atoms with Crippen molar-refractivity contribution in [1.29, 1.82) is 0 Å². The van der Waals surface area contributed by atoms with Gasteiger partial charge in [0.2, 0.25) is 0 Å². The zero-order valence-corrected chi connectivity index (χ0v) is 12.4. The van der Waals surface area contributed by atoms with Crippen LogP contribution in [-0.2, 0) is 24.6 Å². The van der Waals surface area contributed by atoms with Crippen LogP contribution < -0.4 is 0 Å². The molecule has 0 nitrogen and oxygen atoms in total. The molecule has 0 aliphatic carbocycles. The molecule has 0 rings (SSSR count). The van der Waals surface area contributed by atoms with Crippen LogP contribution in [0.2, 0.25) is 0 Å². The van der Waals surface area contributed by atoms with Crippen LogP contribution in [0, 0.1) is 0 Å². The molecule has 0 aliphatic rings. The molecule has 0 heterocycles. The van der Waals surface area contributed by atoms with Gasteiger partial charge in [-0.2, -0.15) is 0 Å². The van der Waals surface area contributed by atoms with E-state index in [2.05, 4.69) is 34.9 Å². The normalized spacial score (nSPS) is 7.56. The average molecular weight is 311 g/mol. The van der Waals surface area contributed by atoms with Crippen LogP contribution in [0.25, 0.3) is 0 Å². The van der Waals surface area contributed by atoms with Crippen LogP contribution in [0.4, 0.5) is 0 Å². The quantitative estimate of drug-likeness (QED) is 0.688. The van der Waals surface area contributed by atoms with Crippen LogP contribution in [-0.4, -0.2) is 0 Å². The van der Waals surface area contributed by atoms with E-state index < -0.39 is 24.6 Å². The zero-order valence-electron chi connectivity index (χ0n) is 6.86. The van der Waals surface area contributed by atoms with Gasteiger partial charge in [0.15, 0.2) is 0 Å². The van der Waals surface area contributed by atoms with Crippen molar-refractivity contribution in [1.82, 2.24) is 0 Å². The summed E-state index contributed by atoms with van der Waals surface area (Å²) in [5.41, 5.74) is 2.99. The van der Waals surface area contributed by atoms with Gasteiger partial charge in [0.05, 0.1) is 0 Å². The second-order valence-corrected chi connectivity index (χ2v) is 7.81. The molecule has 0 fully saturated rings. The molecule has 0 unspecified atom stereocenters. The zero-order chi connectivity index (χ0) is 7.28. The third-order valence-corrected chi connectivity index (χ3v) is 9.23.